The van der Waals surface area contributed by atoms with Crippen molar-refractivity contribution >= 4 is 0 Å². The lowest BCUT2D eigenvalue weighted by Crippen LogP contribution is -2.66. The average Bonchev–Trinajstić information content (AvgIpc) is 2.60. The molecule has 23 heavy (non-hydrogen) atoms. The van der Waals surface area contributed by atoms with Crippen LogP contribution in [-0.2, 0) is 6.54 Å². The highest BCUT2D eigenvalue weighted by molar-refractivity contribution is 5.13. The van der Waals surface area contributed by atoms with Gasteiger partial charge < -0.3 is 4.48 Å². The van der Waals surface area contributed by atoms with E-state index in [9.17, 15) is 0 Å². The predicted octanol–water partition coefficient (Wildman–Crippen LogP) is 6.33. The first-order valence-corrected chi connectivity index (χ1v) is 10.1. The fourth-order valence-corrected chi connectivity index (χ4v) is 4.97. The molecule has 2 rings (SSSR count). The van der Waals surface area contributed by atoms with Gasteiger partial charge in [0.2, 0.25) is 0 Å². The van der Waals surface area contributed by atoms with Gasteiger partial charge in [-0.15, -0.1) is 0 Å². The second-order valence-electron chi connectivity index (χ2n) is 7.73. The number of rotatable bonds is 9. The Morgan fingerprint density at radius 2 is 1.70 bits per heavy atom. The summed E-state index contributed by atoms with van der Waals surface area (Å²) in [5, 5.41) is 0. The van der Waals surface area contributed by atoms with Crippen LogP contribution in [0, 0.1) is 0 Å². The maximum Gasteiger partial charge on any atom is 0.105 e. The first kappa shape index (κ1) is 18.5. The van der Waals surface area contributed by atoms with Gasteiger partial charge in [-0.25, -0.2) is 0 Å². The summed E-state index contributed by atoms with van der Waals surface area (Å²) in [6, 6.07) is 11.3. The van der Waals surface area contributed by atoms with Crippen molar-refractivity contribution in [3.05, 3.63) is 35.9 Å². The molecule has 0 aromatic heterocycles. The Balaban J connectivity index is 2.33. The summed E-state index contributed by atoms with van der Waals surface area (Å²) in [4.78, 5) is 0. The van der Waals surface area contributed by atoms with Gasteiger partial charge in [0.05, 0.1) is 18.6 Å². The summed E-state index contributed by atoms with van der Waals surface area (Å²) >= 11 is 0. The SMILES string of the molecule is CCCCC1(CC)CCCC[N+]1(CCCC)Cc1ccccc1. The number of piperidine rings is 1. The third kappa shape index (κ3) is 4.18. The van der Waals surface area contributed by atoms with E-state index >= 15 is 0 Å². The second-order valence-corrected chi connectivity index (χ2v) is 7.73. The third-order valence-corrected chi connectivity index (χ3v) is 6.41. The van der Waals surface area contributed by atoms with Crippen LogP contribution in [0.3, 0.4) is 0 Å². The first-order valence-electron chi connectivity index (χ1n) is 10.1. The summed E-state index contributed by atoms with van der Waals surface area (Å²) in [5.41, 5.74) is 2.07. The number of nitrogens with zero attached hydrogens (tertiary/aromatic N) is 1. The van der Waals surface area contributed by atoms with Crippen LogP contribution in [0.15, 0.2) is 30.3 Å². The van der Waals surface area contributed by atoms with Crippen molar-refractivity contribution in [1.29, 1.82) is 0 Å². The van der Waals surface area contributed by atoms with Crippen molar-refractivity contribution in [2.24, 2.45) is 0 Å². The zero-order valence-electron chi connectivity index (χ0n) is 15.8. The van der Waals surface area contributed by atoms with Gasteiger partial charge in [0.25, 0.3) is 0 Å². The summed E-state index contributed by atoms with van der Waals surface area (Å²) < 4.78 is 1.36. The molecule has 130 valence electrons. The molecule has 1 heteroatoms. The molecule has 1 aromatic carbocycles. The minimum Gasteiger partial charge on any atom is -0.315 e. The lowest BCUT2D eigenvalue weighted by molar-refractivity contribution is -0.994. The van der Waals surface area contributed by atoms with E-state index in [2.05, 4.69) is 51.1 Å². The maximum absolute atomic E-state index is 2.46. The fraction of sp³-hybridized carbons (Fsp3) is 0.727. The van der Waals surface area contributed by atoms with E-state index in [1.807, 2.05) is 0 Å². The average molecular weight is 317 g/mol. The minimum absolute atomic E-state index is 0.527. The monoisotopic (exact) mass is 316 g/mol. The van der Waals surface area contributed by atoms with Crippen molar-refractivity contribution in [2.45, 2.75) is 90.6 Å². The van der Waals surface area contributed by atoms with E-state index in [0.717, 1.165) is 0 Å². The Morgan fingerprint density at radius 1 is 0.957 bits per heavy atom. The molecule has 1 aliphatic heterocycles. The van der Waals surface area contributed by atoms with E-state index < -0.39 is 0 Å². The molecule has 0 N–H and O–H groups in total. The predicted molar refractivity (Wildman–Crippen MR) is 101 cm³/mol. The number of quaternary nitrogens is 1. The molecule has 2 unspecified atom stereocenters. The van der Waals surface area contributed by atoms with Crippen LogP contribution in [0.25, 0.3) is 0 Å². The zero-order valence-corrected chi connectivity index (χ0v) is 15.8. The van der Waals surface area contributed by atoms with E-state index in [1.165, 1.54) is 81.9 Å². The summed E-state index contributed by atoms with van der Waals surface area (Å²) in [5.74, 6) is 0. The normalized spacial score (nSPS) is 28.0. The number of benzene rings is 1. The van der Waals surface area contributed by atoms with Crippen molar-refractivity contribution in [1.82, 2.24) is 0 Å². The molecule has 1 aliphatic rings. The molecule has 2 atom stereocenters. The smallest absolute Gasteiger partial charge is 0.105 e. The van der Waals surface area contributed by atoms with Crippen molar-refractivity contribution in [3.63, 3.8) is 0 Å². The van der Waals surface area contributed by atoms with E-state index in [0.29, 0.717) is 5.54 Å². The summed E-state index contributed by atoms with van der Waals surface area (Å²) in [6.45, 7) is 11.2. The topological polar surface area (TPSA) is 0 Å². The zero-order chi connectivity index (χ0) is 16.6. The molecule has 0 saturated carbocycles. The van der Waals surface area contributed by atoms with Crippen LogP contribution in [0.1, 0.15) is 84.1 Å². The van der Waals surface area contributed by atoms with Crippen LogP contribution in [-0.4, -0.2) is 23.1 Å². The quantitative estimate of drug-likeness (QED) is 0.467. The maximum atomic E-state index is 2.46. The molecule has 1 heterocycles. The Labute approximate surface area is 144 Å². The van der Waals surface area contributed by atoms with Gasteiger partial charge in [0.15, 0.2) is 0 Å². The lowest BCUT2D eigenvalue weighted by Gasteiger charge is -2.57. The minimum atomic E-state index is 0.527. The van der Waals surface area contributed by atoms with Crippen LogP contribution in [0.2, 0.25) is 0 Å². The van der Waals surface area contributed by atoms with Crippen molar-refractivity contribution < 1.29 is 4.48 Å². The molecule has 0 radical (unpaired) electrons. The lowest BCUT2D eigenvalue weighted by atomic mass is 9.76. The molecule has 1 saturated heterocycles. The number of likely N-dealkylation sites (tertiary alicyclic amines) is 1. The van der Waals surface area contributed by atoms with Crippen LogP contribution in [0.5, 0.6) is 0 Å². The largest absolute Gasteiger partial charge is 0.315 e. The first-order chi connectivity index (χ1) is 11.2. The summed E-state index contributed by atoms with van der Waals surface area (Å²) in [7, 11) is 0. The Bertz CT molecular complexity index is 441. The standard InChI is InChI=1S/C22H38N/c1-4-7-16-22(6-3)17-12-13-19-23(22,18-8-5-2)20-21-14-10-9-11-15-21/h9-11,14-15H,4-8,12-13,16-20H2,1-3H3/q+1. The molecule has 1 nitrogen and oxygen atoms in total. The summed E-state index contributed by atoms with van der Waals surface area (Å²) in [6.07, 6.45) is 12.5. The van der Waals surface area contributed by atoms with Crippen LogP contribution in [0.4, 0.5) is 0 Å². The molecule has 0 bridgehead atoms. The second kappa shape index (κ2) is 8.87. The van der Waals surface area contributed by atoms with Gasteiger partial charge in [0.1, 0.15) is 6.54 Å². The van der Waals surface area contributed by atoms with Gasteiger partial charge >= 0.3 is 0 Å². The van der Waals surface area contributed by atoms with Gasteiger partial charge in [0, 0.05) is 18.4 Å². The molecule has 1 fully saturated rings. The molecular weight excluding hydrogens is 278 g/mol. The Hall–Kier alpha value is -0.820. The fourth-order valence-electron chi connectivity index (χ4n) is 4.97. The number of unbranched alkanes of at least 4 members (excludes halogenated alkanes) is 2. The Kier molecular flexibility index (Phi) is 7.14. The Morgan fingerprint density at radius 3 is 2.35 bits per heavy atom. The highest BCUT2D eigenvalue weighted by Crippen LogP contribution is 2.44. The number of hydrogen-bond acceptors (Lipinski definition) is 0. The number of hydrogen-bond donors (Lipinski definition) is 0. The van der Waals surface area contributed by atoms with Gasteiger partial charge in [-0.05, 0) is 32.1 Å². The molecule has 1 aromatic rings. The van der Waals surface area contributed by atoms with Crippen LogP contribution < -0.4 is 0 Å². The molecular formula is C22H38N+. The highest BCUT2D eigenvalue weighted by Gasteiger charge is 2.50. The van der Waals surface area contributed by atoms with E-state index in [1.54, 1.807) is 5.56 Å². The van der Waals surface area contributed by atoms with E-state index in [-0.39, 0.29) is 0 Å². The molecule has 0 spiro atoms. The van der Waals surface area contributed by atoms with Gasteiger partial charge in [-0.3, -0.25) is 0 Å². The highest BCUT2D eigenvalue weighted by atomic mass is 15.4. The van der Waals surface area contributed by atoms with Crippen LogP contribution >= 0.6 is 0 Å². The van der Waals surface area contributed by atoms with Gasteiger partial charge in [-0.2, -0.15) is 0 Å². The molecule has 0 amide bonds. The van der Waals surface area contributed by atoms with Crippen molar-refractivity contribution in [3.8, 4) is 0 Å². The molecule has 0 aliphatic carbocycles. The third-order valence-electron chi connectivity index (χ3n) is 6.41. The van der Waals surface area contributed by atoms with Gasteiger partial charge in [-0.1, -0.05) is 63.9 Å². The van der Waals surface area contributed by atoms with E-state index in [4.69, 9.17) is 0 Å². The van der Waals surface area contributed by atoms with Crippen molar-refractivity contribution in [2.75, 3.05) is 13.1 Å².